The maximum Gasteiger partial charge on any atom is 0.339 e. The van der Waals surface area contributed by atoms with Crippen molar-refractivity contribution >= 4 is 5.97 Å². The average Bonchev–Trinajstić information content (AvgIpc) is 2.48. The molecule has 21 heavy (non-hydrogen) atoms. The Kier molecular flexibility index (Phi) is 4.58. The van der Waals surface area contributed by atoms with Crippen LogP contribution >= 0.6 is 0 Å². The van der Waals surface area contributed by atoms with Gasteiger partial charge in [0.1, 0.15) is 11.3 Å². The van der Waals surface area contributed by atoms with Crippen molar-refractivity contribution in [1.29, 1.82) is 0 Å². The minimum atomic E-state index is -1.22. The van der Waals surface area contributed by atoms with E-state index in [1.165, 1.54) is 18.2 Å². The summed E-state index contributed by atoms with van der Waals surface area (Å²) in [6, 6.07) is 11.2. The van der Waals surface area contributed by atoms with Gasteiger partial charge >= 0.3 is 5.97 Å². The first-order chi connectivity index (χ1) is 10.0. The van der Waals surface area contributed by atoms with Gasteiger partial charge in [0.05, 0.1) is 0 Å². The molecule has 4 heteroatoms. The number of benzene rings is 2. The van der Waals surface area contributed by atoms with Crippen LogP contribution in [0.2, 0.25) is 0 Å². The third kappa shape index (κ3) is 3.21. The van der Waals surface area contributed by atoms with Crippen LogP contribution in [0.1, 0.15) is 42.1 Å². The fourth-order valence-corrected chi connectivity index (χ4v) is 2.09. The van der Waals surface area contributed by atoms with Crippen molar-refractivity contribution in [3.05, 3.63) is 59.4 Å². The zero-order valence-corrected chi connectivity index (χ0v) is 12.0. The Morgan fingerprint density at radius 2 is 1.95 bits per heavy atom. The van der Waals surface area contributed by atoms with E-state index in [2.05, 4.69) is 0 Å². The Morgan fingerprint density at radius 1 is 1.24 bits per heavy atom. The predicted molar refractivity (Wildman–Crippen MR) is 78.6 cm³/mol. The molecule has 0 saturated carbocycles. The summed E-state index contributed by atoms with van der Waals surface area (Å²) < 4.78 is 19.5. The molecule has 0 aliphatic heterocycles. The van der Waals surface area contributed by atoms with Gasteiger partial charge in [-0.25, -0.2) is 9.18 Å². The minimum Gasteiger partial charge on any atom is -0.478 e. The van der Waals surface area contributed by atoms with Crippen LogP contribution in [0.3, 0.4) is 0 Å². The van der Waals surface area contributed by atoms with Gasteiger partial charge in [-0.3, -0.25) is 0 Å². The van der Waals surface area contributed by atoms with Gasteiger partial charge in [0.15, 0.2) is 11.6 Å². The molecule has 0 heterocycles. The normalized spacial score (nSPS) is 12.0. The van der Waals surface area contributed by atoms with Crippen LogP contribution in [0.5, 0.6) is 11.5 Å². The van der Waals surface area contributed by atoms with Crippen LogP contribution < -0.4 is 4.74 Å². The summed E-state index contributed by atoms with van der Waals surface area (Å²) >= 11 is 0. The highest BCUT2D eigenvalue weighted by atomic mass is 19.1. The lowest BCUT2D eigenvalue weighted by Gasteiger charge is -2.16. The molecule has 0 radical (unpaired) electrons. The molecule has 1 atom stereocenters. The number of ether oxygens (including phenoxy) is 1. The molecular weight excluding hydrogens is 271 g/mol. The molecule has 1 N–H and O–H groups in total. The highest BCUT2D eigenvalue weighted by Crippen LogP contribution is 2.34. The summed E-state index contributed by atoms with van der Waals surface area (Å²) in [6.45, 7) is 4.09. The molecular formula is C17H17FO3. The lowest BCUT2D eigenvalue weighted by molar-refractivity contribution is 0.0693. The van der Waals surface area contributed by atoms with Crippen molar-refractivity contribution in [3.63, 3.8) is 0 Å². The molecule has 2 aromatic rings. The van der Waals surface area contributed by atoms with Crippen LogP contribution in [0.25, 0.3) is 0 Å². The summed E-state index contributed by atoms with van der Waals surface area (Å²) in [7, 11) is 0. The van der Waals surface area contributed by atoms with Gasteiger partial charge in [-0.1, -0.05) is 38.1 Å². The quantitative estimate of drug-likeness (QED) is 0.857. The number of halogens is 1. The number of carboxylic acid groups (broad SMARTS) is 1. The van der Waals surface area contributed by atoms with Crippen LogP contribution in [0, 0.1) is 5.82 Å². The molecule has 0 bridgehead atoms. The maximum atomic E-state index is 13.9. The number of carbonyl (C=O) groups is 1. The monoisotopic (exact) mass is 288 g/mol. The van der Waals surface area contributed by atoms with Crippen molar-refractivity contribution in [2.45, 2.75) is 26.2 Å². The molecule has 3 nitrogen and oxygen atoms in total. The topological polar surface area (TPSA) is 46.5 Å². The number of hydrogen-bond acceptors (Lipinski definition) is 2. The first-order valence-corrected chi connectivity index (χ1v) is 6.83. The number of para-hydroxylation sites is 2. The SMILES string of the molecule is CCC(C)c1ccccc1Oc1c(F)cccc1C(=O)O. The first kappa shape index (κ1) is 15.0. The Hall–Kier alpha value is -2.36. The van der Waals surface area contributed by atoms with Gasteiger partial charge in [-0.2, -0.15) is 0 Å². The van der Waals surface area contributed by atoms with Crippen molar-refractivity contribution in [2.24, 2.45) is 0 Å². The molecule has 0 aliphatic carbocycles. The van der Waals surface area contributed by atoms with Crippen LogP contribution in [0.4, 0.5) is 4.39 Å². The average molecular weight is 288 g/mol. The van der Waals surface area contributed by atoms with Crippen LogP contribution in [0.15, 0.2) is 42.5 Å². The molecule has 2 aromatic carbocycles. The fourth-order valence-electron chi connectivity index (χ4n) is 2.09. The van der Waals surface area contributed by atoms with Gasteiger partial charge < -0.3 is 9.84 Å². The highest BCUT2D eigenvalue weighted by Gasteiger charge is 2.18. The second-order valence-corrected chi connectivity index (χ2v) is 4.87. The Bertz CT molecular complexity index is 652. The molecule has 1 unspecified atom stereocenters. The fraction of sp³-hybridized carbons (Fsp3) is 0.235. The smallest absolute Gasteiger partial charge is 0.339 e. The van der Waals surface area contributed by atoms with Crippen molar-refractivity contribution in [1.82, 2.24) is 0 Å². The van der Waals surface area contributed by atoms with Gasteiger partial charge in [-0.15, -0.1) is 0 Å². The van der Waals surface area contributed by atoms with E-state index in [-0.39, 0.29) is 17.2 Å². The summed E-state index contributed by atoms with van der Waals surface area (Å²) in [6.07, 6.45) is 0.906. The van der Waals surface area contributed by atoms with Crippen molar-refractivity contribution in [2.75, 3.05) is 0 Å². The minimum absolute atomic E-state index is 0.186. The first-order valence-electron chi connectivity index (χ1n) is 6.83. The van der Waals surface area contributed by atoms with Crippen molar-refractivity contribution < 1.29 is 19.0 Å². The van der Waals surface area contributed by atoms with Crippen LogP contribution in [-0.4, -0.2) is 11.1 Å². The van der Waals surface area contributed by atoms with Crippen LogP contribution in [-0.2, 0) is 0 Å². The lowest BCUT2D eigenvalue weighted by atomic mass is 9.98. The maximum absolute atomic E-state index is 13.9. The third-order valence-corrected chi connectivity index (χ3v) is 3.47. The molecule has 0 amide bonds. The standard InChI is InChI=1S/C17H17FO3/c1-3-11(2)12-7-4-5-10-15(12)21-16-13(17(19)20)8-6-9-14(16)18/h4-11H,3H2,1-2H3,(H,19,20). The second kappa shape index (κ2) is 6.39. The van der Waals surface area contributed by atoms with E-state index in [4.69, 9.17) is 9.84 Å². The Labute approximate surface area is 123 Å². The Morgan fingerprint density at radius 3 is 2.62 bits per heavy atom. The van der Waals surface area contributed by atoms with E-state index in [0.29, 0.717) is 5.75 Å². The molecule has 110 valence electrons. The highest BCUT2D eigenvalue weighted by molar-refractivity contribution is 5.91. The molecule has 2 rings (SSSR count). The van der Waals surface area contributed by atoms with Gasteiger partial charge in [0, 0.05) is 0 Å². The van der Waals surface area contributed by atoms with Crippen molar-refractivity contribution in [3.8, 4) is 11.5 Å². The lowest BCUT2D eigenvalue weighted by Crippen LogP contribution is -2.03. The number of carboxylic acids is 1. The van der Waals surface area contributed by atoms with E-state index in [1.807, 2.05) is 26.0 Å². The zero-order chi connectivity index (χ0) is 15.4. The van der Waals surface area contributed by atoms with E-state index >= 15 is 0 Å². The Balaban J connectivity index is 2.46. The molecule has 0 aliphatic rings. The molecule has 0 saturated heterocycles. The van der Waals surface area contributed by atoms with Gasteiger partial charge in [-0.05, 0) is 36.1 Å². The molecule has 0 spiro atoms. The van der Waals surface area contributed by atoms with Gasteiger partial charge in [0.25, 0.3) is 0 Å². The second-order valence-electron chi connectivity index (χ2n) is 4.87. The predicted octanol–water partition coefficient (Wildman–Crippen LogP) is 4.83. The van der Waals surface area contributed by atoms with E-state index in [9.17, 15) is 9.18 Å². The van der Waals surface area contributed by atoms with E-state index in [0.717, 1.165) is 12.0 Å². The third-order valence-electron chi connectivity index (χ3n) is 3.47. The van der Waals surface area contributed by atoms with E-state index < -0.39 is 11.8 Å². The molecule has 0 aromatic heterocycles. The largest absolute Gasteiger partial charge is 0.478 e. The summed E-state index contributed by atoms with van der Waals surface area (Å²) in [5, 5.41) is 9.15. The number of rotatable bonds is 5. The zero-order valence-electron chi connectivity index (χ0n) is 12.0. The number of hydrogen-bond donors (Lipinski definition) is 1. The molecule has 0 fully saturated rings. The summed E-state index contributed by atoms with van der Waals surface area (Å²) in [5.74, 6) is -1.43. The number of aromatic carboxylic acids is 1. The summed E-state index contributed by atoms with van der Waals surface area (Å²) in [5.41, 5.74) is 0.744. The van der Waals surface area contributed by atoms with E-state index in [1.54, 1.807) is 12.1 Å². The summed E-state index contributed by atoms with van der Waals surface area (Å²) in [4.78, 5) is 11.2. The van der Waals surface area contributed by atoms with Gasteiger partial charge in [0.2, 0.25) is 0 Å².